The third kappa shape index (κ3) is 2.22. The number of nitrogens with two attached hydrogens (primary N) is 1. The van der Waals surface area contributed by atoms with Crippen LogP contribution in [0.15, 0.2) is 0 Å². The van der Waals surface area contributed by atoms with Crippen molar-refractivity contribution in [3.63, 3.8) is 0 Å². The van der Waals surface area contributed by atoms with E-state index in [2.05, 4.69) is 37.6 Å². The zero-order valence-electron chi connectivity index (χ0n) is 9.38. The Labute approximate surface area is 81.9 Å². The van der Waals surface area contributed by atoms with E-state index < -0.39 is 0 Å². The van der Waals surface area contributed by atoms with Crippen LogP contribution in [0.25, 0.3) is 0 Å². The van der Waals surface area contributed by atoms with Crippen LogP contribution in [0.5, 0.6) is 0 Å². The molecule has 1 aliphatic heterocycles. The lowest BCUT2D eigenvalue weighted by Gasteiger charge is -2.49. The van der Waals surface area contributed by atoms with Crippen molar-refractivity contribution in [1.29, 1.82) is 0 Å². The summed E-state index contributed by atoms with van der Waals surface area (Å²) in [6.07, 6.45) is 0. The van der Waals surface area contributed by atoms with Gasteiger partial charge >= 0.3 is 0 Å². The van der Waals surface area contributed by atoms with Gasteiger partial charge in [0.25, 0.3) is 0 Å². The molecular weight excluding hydrogens is 162 g/mol. The second kappa shape index (κ2) is 3.95. The van der Waals surface area contributed by atoms with Gasteiger partial charge in [0.05, 0.1) is 0 Å². The molecule has 2 N–H and O–H groups in total. The summed E-state index contributed by atoms with van der Waals surface area (Å²) >= 11 is 0. The summed E-state index contributed by atoms with van der Waals surface area (Å²) in [6.45, 7) is 10.9. The summed E-state index contributed by atoms with van der Waals surface area (Å²) < 4.78 is 0. The Morgan fingerprint density at radius 1 is 1.46 bits per heavy atom. The first-order valence-corrected chi connectivity index (χ1v) is 5.16. The van der Waals surface area contributed by atoms with Gasteiger partial charge in [-0.25, -0.2) is 0 Å². The maximum Gasteiger partial charge on any atom is 0.0346 e. The molecule has 0 bridgehead atoms. The van der Waals surface area contributed by atoms with E-state index in [9.17, 15) is 0 Å². The maximum absolute atomic E-state index is 5.75. The first-order valence-electron chi connectivity index (χ1n) is 5.16. The van der Waals surface area contributed by atoms with E-state index in [0.29, 0.717) is 11.6 Å². The van der Waals surface area contributed by atoms with Gasteiger partial charge in [0.15, 0.2) is 0 Å². The number of hydrogen-bond acceptors (Lipinski definition) is 3. The zero-order valence-corrected chi connectivity index (χ0v) is 9.38. The highest BCUT2D eigenvalue weighted by Crippen LogP contribution is 2.21. The van der Waals surface area contributed by atoms with Crippen molar-refractivity contribution in [3.05, 3.63) is 0 Å². The Morgan fingerprint density at radius 3 is 2.54 bits per heavy atom. The van der Waals surface area contributed by atoms with Crippen LogP contribution in [-0.4, -0.2) is 54.6 Å². The minimum atomic E-state index is 0.293. The molecule has 78 valence electrons. The van der Waals surface area contributed by atoms with Crippen LogP contribution in [0.1, 0.15) is 20.8 Å². The van der Waals surface area contributed by atoms with E-state index in [4.69, 9.17) is 5.73 Å². The van der Waals surface area contributed by atoms with Crippen LogP contribution in [-0.2, 0) is 0 Å². The van der Waals surface area contributed by atoms with Crippen LogP contribution < -0.4 is 5.73 Å². The fourth-order valence-corrected chi connectivity index (χ4v) is 2.02. The van der Waals surface area contributed by atoms with Crippen LogP contribution in [0.3, 0.4) is 0 Å². The number of piperazine rings is 1. The molecule has 1 heterocycles. The van der Waals surface area contributed by atoms with Crippen molar-refractivity contribution in [2.75, 3.05) is 33.2 Å². The van der Waals surface area contributed by atoms with Gasteiger partial charge in [-0.3, -0.25) is 9.80 Å². The monoisotopic (exact) mass is 185 g/mol. The summed E-state index contributed by atoms with van der Waals surface area (Å²) in [6, 6.07) is 0.544. The molecule has 1 saturated heterocycles. The molecular formula is C10H23N3. The topological polar surface area (TPSA) is 32.5 Å². The van der Waals surface area contributed by atoms with E-state index in [-0.39, 0.29) is 0 Å². The first kappa shape index (κ1) is 11.0. The Morgan fingerprint density at radius 2 is 2.08 bits per heavy atom. The fourth-order valence-electron chi connectivity index (χ4n) is 2.02. The number of hydrogen-bond donors (Lipinski definition) is 1. The Balaban J connectivity index is 2.66. The highest BCUT2D eigenvalue weighted by Gasteiger charge is 2.35. The minimum Gasteiger partial charge on any atom is -0.329 e. The zero-order chi connectivity index (χ0) is 10.1. The molecule has 1 fully saturated rings. The fraction of sp³-hybridized carbons (Fsp3) is 1.00. The van der Waals surface area contributed by atoms with Crippen LogP contribution >= 0.6 is 0 Å². The molecule has 1 rings (SSSR count). The van der Waals surface area contributed by atoms with Gasteiger partial charge in [-0.1, -0.05) is 6.92 Å². The molecule has 0 spiro atoms. The smallest absolute Gasteiger partial charge is 0.0346 e. The molecule has 1 aliphatic rings. The maximum atomic E-state index is 5.75. The third-order valence-corrected chi connectivity index (χ3v) is 3.30. The number of likely N-dealkylation sites (N-methyl/N-ethyl adjacent to an activating group) is 2. The average Bonchev–Trinajstić information content (AvgIpc) is 2.08. The molecule has 0 saturated carbocycles. The van der Waals surface area contributed by atoms with Gasteiger partial charge in [0.1, 0.15) is 0 Å². The van der Waals surface area contributed by atoms with Crippen LogP contribution in [0.4, 0.5) is 0 Å². The van der Waals surface area contributed by atoms with Gasteiger partial charge in [-0.15, -0.1) is 0 Å². The van der Waals surface area contributed by atoms with E-state index in [1.807, 2.05) is 0 Å². The predicted octanol–water partition coefficient (Wildman–Crippen LogP) is 0.360. The van der Waals surface area contributed by atoms with Gasteiger partial charge in [-0.05, 0) is 27.4 Å². The molecule has 3 nitrogen and oxygen atoms in total. The molecule has 0 radical (unpaired) electrons. The van der Waals surface area contributed by atoms with E-state index in [1.165, 1.54) is 0 Å². The summed E-state index contributed by atoms with van der Waals surface area (Å²) in [4.78, 5) is 4.90. The molecule has 1 unspecified atom stereocenters. The summed E-state index contributed by atoms with van der Waals surface area (Å²) in [5.74, 6) is 0. The van der Waals surface area contributed by atoms with Crippen LogP contribution in [0.2, 0.25) is 0 Å². The summed E-state index contributed by atoms with van der Waals surface area (Å²) in [5.41, 5.74) is 6.05. The van der Waals surface area contributed by atoms with E-state index in [0.717, 1.165) is 26.2 Å². The van der Waals surface area contributed by atoms with Gasteiger partial charge in [-0.2, -0.15) is 0 Å². The lowest BCUT2D eigenvalue weighted by atomic mass is 9.96. The highest BCUT2D eigenvalue weighted by atomic mass is 15.3. The SMILES string of the molecule is CCN1CC(C)(C)N(C)CC1CN. The average molecular weight is 185 g/mol. The molecule has 0 aromatic rings. The van der Waals surface area contributed by atoms with Crippen molar-refractivity contribution in [3.8, 4) is 0 Å². The predicted molar refractivity (Wildman–Crippen MR) is 56.8 cm³/mol. The molecule has 0 aromatic carbocycles. The molecule has 13 heavy (non-hydrogen) atoms. The second-order valence-electron chi connectivity index (χ2n) is 4.65. The molecule has 0 aromatic heterocycles. The molecule has 1 atom stereocenters. The molecule has 3 heteroatoms. The minimum absolute atomic E-state index is 0.293. The van der Waals surface area contributed by atoms with Crippen LogP contribution in [0, 0.1) is 0 Å². The highest BCUT2D eigenvalue weighted by molar-refractivity contribution is 4.93. The summed E-state index contributed by atoms with van der Waals surface area (Å²) in [5, 5.41) is 0. The Kier molecular flexibility index (Phi) is 3.33. The van der Waals surface area contributed by atoms with Crippen molar-refractivity contribution >= 4 is 0 Å². The second-order valence-corrected chi connectivity index (χ2v) is 4.65. The van der Waals surface area contributed by atoms with Crippen molar-refractivity contribution in [1.82, 2.24) is 9.80 Å². The molecule has 0 aliphatic carbocycles. The Bertz CT molecular complexity index is 168. The quantitative estimate of drug-likeness (QED) is 0.674. The number of rotatable bonds is 2. The lowest BCUT2D eigenvalue weighted by Crippen LogP contribution is -2.63. The van der Waals surface area contributed by atoms with E-state index in [1.54, 1.807) is 0 Å². The normalized spacial score (nSPS) is 30.7. The molecule has 0 amide bonds. The standard InChI is InChI=1S/C10H23N3/c1-5-13-8-10(2,3)12(4)7-9(13)6-11/h9H,5-8,11H2,1-4H3. The van der Waals surface area contributed by atoms with E-state index >= 15 is 0 Å². The van der Waals surface area contributed by atoms with Crippen molar-refractivity contribution < 1.29 is 0 Å². The summed E-state index contributed by atoms with van der Waals surface area (Å²) in [7, 11) is 2.19. The van der Waals surface area contributed by atoms with Gasteiger partial charge < -0.3 is 5.73 Å². The number of nitrogens with zero attached hydrogens (tertiary/aromatic N) is 2. The first-order chi connectivity index (χ1) is 6.01. The Hall–Kier alpha value is -0.120. The van der Waals surface area contributed by atoms with Crippen molar-refractivity contribution in [2.45, 2.75) is 32.4 Å². The van der Waals surface area contributed by atoms with Crippen molar-refractivity contribution in [2.24, 2.45) is 5.73 Å². The lowest BCUT2D eigenvalue weighted by molar-refractivity contribution is 0.00495. The third-order valence-electron chi connectivity index (χ3n) is 3.30. The van der Waals surface area contributed by atoms with Gasteiger partial charge in [0.2, 0.25) is 0 Å². The van der Waals surface area contributed by atoms with Gasteiger partial charge in [0, 0.05) is 31.2 Å². The largest absolute Gasteiger partial charge is 0.329 e.